The summed E-state index contributed by atoms with van der Waals surface area (Å²) in [6.45, 7) is 4.63. The third kappa shape index (κ3) is 6.20. The number of methoxy groups -OCH3 is 2. The molecule has 1 aromatic carbocycles. The molecule has 0 unspecified atom stereocenters. The molecule has 4 aromatic rings. The van der Waals surface area contributed by atoms with Crippen molar-refractivity contribution < 1.29 is 33.6 Å². The fourth-order valence-corrected chi connectivity index (χ4v) is 7.05. The number of ether oxygens (including phenoxy) is 5. The van der Waals surface area contributed by atoms with Crippen molar-refractivity contribution in [1.29, 1.82) is 0 Å². The van der Waals surface area contributed by atoms with Gasteiger partial charge in [0.25, 0.3) is 5.91 Å². The van der Waals surface area contributed by atoms with Gasteiger partial charge in [-0.1, -0.05) is 0 Å². The van der Waals surface area contributed by atoms with E-state index >= 15 is 0 Å². The molecule has 5 heterocycles. The van der Waals surface area contributed by atoms with E-state index in [-0.39, 0.29) is 12.0 Å². The normalized spacial score (nSPS) is 26.4. The minimum absolute atomic E-state index is 0.244. The van der Waals surface area contributed by atoms with Crippen molar-refractivity contribution in [3.8, 4) is 22.8 Å². The lowest BCUT2D eigenvalue weighted by atomic mass is 9.87. The summed E-state index contributed by atoms with van der Waals surface area (Å²) < 4.78 is 33.8. The van der Waals surface area contributed by atoms with Crippen LogP contribution in [0.1, 0.15) is 51.3 Å². The van der Waals surface area contributed by atoms with E-state index in [1.807, 2.05) is 62.1 Å². The van der Waals surface area contributed by atoms with E-state index in [0.717, 1.165) is 47.9 Å². The van der Waals surface area contributed by atoms with Crippen molar-refractivity contribution in [2.24, 2.45) is 13.0 Å². The second-order valence-electron chi connectivity index (χ2n) is 13.2. The van der Waals surface area contributed by atoms with Crippen LogP contribution in [0, 0.1) is 5.92 Å². The van der Waals surface area contributed by atoms with Gasteiger partial charge in [-0.25, -0.2) is 9.97 Å². The molecule has 4 atom stereocenters. The van der Waals surface area contributed by atoms with Crippen molar-refractivity contribution >= 4 is 22.8 Å². The number of nitrogens with one attached hydrogen (secondary N) is 2. The van der Waals surface area contributed by atoms with Crippen molar-refractivity contribution in [1.82, 2.24) is 29.6 Å². The smallest absolute Gasteiger partial charge is 0.252 e. The highest BCUT2D eigenvalue weighted by Crippen LogP contribution is 2.46. The molecule has 3 N–H and O–H groups in total. The Balaban J connectivity index is 1.22. The number of anilines is 1. The fourth-order valence-electron chi connectivity index (χ4n) is 7.05. The lowest BCUT2D eigenvalue weighted by Gasteiger charge is -2.27. The molecule has 256 valence electrons. The van der Waals surface area contributed by atoms with E-state index in [1.54, 1.807) is 18.9 Å². The molecule has 2 aliphatic heterocycles. The van der Waals surface area contributed by atoms with Crippen molar-refractivity contribution in [2.75, 3.05) is 26.1 Å². The van der Waals surface area contributed by atoms with Crippen LogP contribution in [-0.2, 0) is 32.6 Å². The number of hydrogen-bond acceptors (Lipinski definition) is 11. The Labute approximate surface area is 278 Å². The largest absolute Gasteiger partial charge is 0.497 e. The molecule has 2 saturated heterocycles. The zero-order valence-electron chi connectivity index (χ0n) is 27.9. The number of amides is 1. The van der Waals surface area contributed by atoms with Crippen LogP contribution in [0.15, 0.2) is 43.0 Å². The Hall–Kier alpha value is -4.24. The summed E-state index contributed by atoms with van der Waals surface area (Å²) in [5.74, 6) is 1.14. The third-order valence-electron chi connectivity index (χ3n) is 9.48. The molecular formula is C34H43N7O7. The summed E-state index contributed by atoms with van der Waals surface area (Å²) in [6, 6.07) is 7.60. The van der Waals surface area contributed by atoms with Gasteiger partial charge in [0.15, 0.2) is 18.1 Å². The van der Waals surface area contributed by atoms with E-state index in [9.17, 15) is 9.90 Å². The van der Waals surface area contributed by atoms with Crippen molar-refractivity contribution in [3.05, 3.63) is 48.5 Å². The summed E-state index contributed by atoms with van der Waals surface area (Å²) in [7, 11) is 5.11. The number of rotatable bonds is 10. The van der Waals surface area contributed by atoms with Crippen LogP contribution in [0.5, 0.6) is 11.5 Å². The Morgan fingerprint density at radius 3 is 2.60 bits per heavy atom. The molecule has 0 spiro atoms. The maximum Gasteiger partial charge on any atom is 0.252 e. The Morgan fingerprint density at radius 1 is 1.08 bits per heavy atom. The number of aromatic nitrogens is 5. The highest BCUT2D eigenvalue weighted by Gasteiger charge is 2.58. The van der Waals surface area contributed by atoms with Crippen LogP contribution in [0.3, 0.4) is 0 Å². The first-order valence-electron chi connectivity index (χ1n) is 16.4. The second kappa shape index (κ2) is 13.0. The maximum absolute atomic E-state index is 13.6. The molecular weight excluding hydrogens is 618 g/mol. The second-order valence-corrected chi connectivity index (χ2v) is 13.2. The summed E-state index contributed by atoms with van der Waals surface area (Å²) in [5.41, 5.74) is 3.03. The molecule has 48 heavy (non-hydrogen) atoms. The van der Waals surface area contributed by atoms with Crippen LogP contribution in [0.25, 0.3) is 22.3 Å². The van der Waals surface area contributed by atoms with Gasteiger partial charge >= 0.3 is 0 Å². The van der Waals surface area contributed by atoms with Gasteiger partial charge < -0.3 is 44.0 Å². The first-order chi connectivity index (χ1) is 23.1. The van der Waals surface area contributed by atoms with Crippen molar-refractivity contribution in [2.45, 2.75) is 82.5 Å². The number of aryl methyl sites for hydroxylation is 1. The topological polar surface area (TPSA) is 156 Å². The summed E-state index contributed by atoms with van der Waals surface area (Å²) in [5, 5.41) is 21.9. The van der Waals surface area contributed by atoms with E-state index in [4.69, 9.17) is 33.8 Å². The van der Waals surface area contributed by atoms with E-state index < -0.39 is 30.3 Å². The standard InChI is InChI=1S/C34H43N7O7/c1-34(2)47-27-28(32(43)36-15-19-6-9-21(42)10-7-19)46-33(29(27)48-34)41-17-23(24-12-13-40(3)39-24)26-30(37-18-38-31(26)41)35-16-20-8-11-22(44-4)14-25(20)45-5/h8,11-14,17-19,21,27-29,33,42H,6-7,9-10,15-16H2,1-5H3,(H,36,43)(H,35,37,38)/t19-,21+,27-,28+,29-,33-/m1/s1. The van der Waals surface area contributed by atoms with Gasteiger partial charge in [0.05, 0.1) is 31.4 Å². The molecule has 3 aliphatic rings. The molecule has 0 radical (unpaired) electrons. The van der Waals surface area contributed by atoms with E-state index in [1.165, 1.54) is 6.33 Å². The van der Waals surface area contributed by atoms with Gasteiger partial charge in [-0.2, -0.15) is 5.10 Å². The number of benzene rings is 1. The summed E-state index contributed by atoms with van der Waals surface area (Å²) in [4.78, 5) is 23.0. The number of fused-ring (bicyclic) bond motifs is 2. The van der Waals surface area contributed by atoms with Crippen molar-refractivity contribution in [3.63, 3.8) is 0 Å². The third-order valence-corrected chi connectivity index (χ3v) is 9.48. The molecule has 0 bridgehead atoms. The average molecular weight is 662 g/mol. The number of aliphatic hydroxyl groups is 1. The Kier molecular flexibility index (Phi) is 8.75. The SMILES string of the molecule is COc1ccc(CNc2ncnc3c2c(-c2ccn(C)n2)cn3[C@@H]2O[C@H](C(=O)NC[C@H]3CC[C@@H](O)CC3)[C@H]3OC(C)(C)O[C@H]32)c(OC)c1. The quantitative estimate of drug-likeness (QED) is 0.229. The number of carbonyl (C=O) groups excluding carboxylic acids is 1. The van der Waals surface area contributed by atoms with E-state index in [2.05, 4.69) is 15.6 Å². The molecule has 1 saturated carbocycles. The lowest BCUT2D eigenvalue weighted by molar-refractivity contribution is -0.197. The van der Waals surface area contributed by atoms with Gasteiger partial charge in [0, 0.05) is 49.7 Å². The molecule has 1 aliphatic carbocycles. The molecule has 3 fully saturated rings. The predicted molar refractivity (Wildman–Crippen MR) is 175 cm³/mol. The number of carbonyl (C=O) groups is 1. The highest BCUT2D eigenvalue weighted by molar-refractivity contribution is 6.00. The highest BCUT2D eigenvalue weighted by atomic mass is 16.8. The summed E-state index contributed by atoms with van der Waals surface area (Å²) >= 11 is 0. The van der Waals surface area contributed by atoms with Crippen LogP contribution >= 0.6 is 0 Å². The van der Waals surface area contributed by atoms with Gasteiger partial charge in [0.2, 0.25) is 0 Å². The molecule has 1 amide bonds. The van der Waals surface area contributed by atoms with Gasteiger partial charge in [-0.15, -0.1) is 0 Å². The molecule has 7 rings (SSSR count). The van der Waals surface area contributed by atoms with Crippen LogP contribution < -0.4 is 20.1 Å². The first-order valence-corrected chi connectivity index (χ1v) is 16.4. The average Bonchev–Trinajstić information content (AvgIpc) is 3.84. The van der Waals surface area contributed by atoms with Gasteiger partial charge in [0.1, 0.15) is 41.5 Å². The zero-order valence-corrected chi connectivity index (χ0v) is 27.9. The van der Waals surface area contributed by atoms with Crippen LogP contribution in [0.4, 0.5) is 5.82 Å². The molecule has 14 heteroatoms. The lowest BCUT2D eigenvalue weighted by Crippen LogP contribution is -2.44. The molecule has 14 nitrogen and oxygen atoms in total. The molecule has 3 aromatic heterocycles. The van der Waals surface area contributed by atoms with Gasteiger partial charge in [-0.3, -0.25) is 9.48 Å². The Morgan fingerprint density at radius 2 is 1.88 bits per heavy atom. The number of nitrogens with zero attached hydrogens (tertiary/aromatic N) is 5. The first kappa shape index (κ1) is 32.3. The zero-order chi connectivity index (χ0) is 33.6. The van der Waals surface area contributed by atoms with Gasteiger partial charge in [-0.05, 0) is 63.6 Å². The monoisotopic (exact) mass is 661 g/mol. The maximum atomic E-state index is 13.6. The number of hydrogen-bond donors (Lipinski definition) is 3. The van der Waals surface area contributed by atoms with Crippen LogP contribution in [0.2, 0.25) is 0 Å². The van der Waals surface area contributed by atoms with Crippen LogP contribution in [-0.4, -0.2) is 86.3 Å². The predicted octanol–water partition coefficient (Wildman–Crippen LogP) is 3.55. The minimum Gasteiger partial charge on any atom is -0.497 e. The fraction of sp³-hybridized carbons (Fsp3) is 0.529. The Bertz CT molecular complexity index is 1780. The minimum atomic E-state index is -0.915. The number of aliphatic hydroxyl groups excluding tert-OH is 1. The summed E-state index contributed by atoms with van der Waals surface area (Å²) in [6.07, 6.45) is 5.50. The van der Waals surface area contributed by atoms with E-state index in [0.29, 0.717) is 42.0 Å².